The third-order valence-corrected chi connectivity index (χ3v) is 4.84. The minimum Gasteiger partial charge on any atom is -0.496 e. The van der Waals surface area contributed by atoms with Crippen LogP contribution >= 0.6 is 0 Å². The van der Waals surface area contributed by atoms with Gasteiger partial charge in [-0.05, 0) is 25.1 Å². The molecule has 0 radical (unpaired) electrons. The van der Waals surface area contributed by atoms with E-state index in [9.17, 15) is 8.42 Å². The number of hydrogen-bond acceptors (Lipinski definition) is 5. The molecule has 98 valence electrons. The van der Waals surface area contributed by atoms with Crippen LogP contribution in [0.2, 0.25) is 0 Å². The summed E-state index contributed by atoms with van der Waals surface area (Å²) < 4.78 is 29.1. The van der Waals surface area contributed by atoms with E-state index in [1.165, 1.54) is 13.2 Å². The highest BCUT2D eigenvalue weighted by Gasteiger charge is 2.21. The number of nitrogens with two attached hydrogens (primary N) is 1. The van der Waals surface area contributed by atoms with Crippen LogP contribution in [0.1, 0.15) is 18.1 Å². The van der Waals surface area contributed by atoms with Crippen LogP contribution in [0.4, 0.5) is 0 Å². The topological polar surface area (TPSA) is 93.2 Å². The van der Waals surface area contributed by atoms with Crippen molar-refractivity contribution in [2.75, 3.05) is 13.7 Å². The molecule has 0 heterocycles. The van der Waals surface area contributed by atoms with Crippen LogP contribution < -0.4 is 10.5 Å². The van der Waals surface area contributed by atoms with Crippen molar-refractivity contribution < 1.29 is 13.2 Å². The van der Waals surface area contributed by atoms with Crippen LogP contribution in [0.3, 0.4) is 0 Å². The number of nitriles is 1. The maximum Gasteiger partial charge on any atom is 0.158 e. The van der Waals surface area contributed by atoms with E-state index >= 15 is 0 Å². The van der Waals surface area contributed by atoms with Gasteiger partial charge in [-0.1, -0.05) is 0 Å². The Hall–Kier alpha value is -1.58. The van der Waals surface area contributed by atoms with Crippen molar-refractivity contribution in [1.82, 2.24) is 0 Å². The summed E-state index contributed by atoms with van der Waals surface area (Å²) >= 11 is 0. The Morgan fingerprint density at radius 3 is 2.67 bits per heavy atom. The molecule has 0 saturated heterocycles. The number of benzene rings is 1. The van der Waals surface area contributed by atoms with Crippen molar-refractivity contribution in [2.24, 2.45) is 5.73 Å². The summed E-state index contributed by atoms with van der Waals surface area (Å²) in [5, 5.41) is 8.20. The van der Waals surface area contributed by atoms with E-state index in [1.54, 1.807) is 19.1 Å². The van der Waals surface area contributed by atoms with Gasteiger partial charge >= 0.3 is 0 Å². The van der Waals surface area contributed by atoms with E-state index in [0.717, 1.165) is 0 Å². The molecular formula is C12H16N2O3S. The monoisotopic (exact) mass is 268 g/mol. The lowest BCUT2D eigenvalue weighted by atomic mass is 10.1. The Bertz CT molecular complexity index is 561. The average Bonchev–Trinajstić information content (AvgIpc) is 2.37. The highest BCUT2D eigenvalue weighted by molar-refractivity contribution is 7.91. The van der Waals surface area contributed by atoms with Crippen molar-refractivity contribution in [3.05, 3.63) is 29.3 Å². The molecule has 1 unspecified atom stereocenters. The summed E-state index contributed by atoms with van der Waals surface area (Å²) in [6.45, 7) is 1.64. The molecule has 0 bridgehead atoms. The standard InChI is InChI=1S/C12H16N2O3S/c1-9(6-13)18(15,16)8-11-5-10(7-14)3-4-12(11)17-2/h3-5,9H,6,8,13H2,1-2H3. The molecule has 0 amide bonds. The normalized spacial score (nSPS) is 12.8. The molecule has 0 aliphatic carbocycles. The van der Waals surface area contributed by atoms with Crippen molar-refractivity contribution in [3.63, 3.8) is 0 Å². The second-order valence-electron chi connectivity index (χ2n) is 3.99. The highest BCUT2D eigenvalue weighted by Crippen LogP contribution is 2.23. The molecule has 1 rings (SSSR count). The van der Waals surface area contributed by atoms with Crippen LogP contribution in [0.5, 0.6) is 5.75 Å². The van der Waals surface area contributed by atoms with Crippen LogP contribution in [-0.2, 0) is 15.6 Å². The first-order valence-corrected chi connectivity index (χ1v) is 7.14. The van der Waals surface area contributed by atoms with Gasteiger partial charge in [0.15, 0.2) is 9.84 Å². The molecular weight excluding hydrogens is 252 g/mol. The minimum atomic E-state index is -3.34. The van der Waals surface area contributed by atoms with Crippen LogP contribution in [0, 0.1) is 11.3 Å². The van der Waals surface area contributed by atoms with Gasteiger partial charge in [0.25, 0.3) is 0 Å². The molecule has 0 saturated carbocycles. The smallest absolute Gasteiger partial charge is 0.158 e. The maximum absolute atomic E-state index is 12.0. The lowest BCUT2D eigenvalue weighted by Crippen LogP contribution is -2.27. The summed E-state index contributed by atoms with van der Waals surface area (Å²) in [4.78, 5) is 0. The Kier molecular flexibility index (Phi) is 4.70. The zero-order chi connectivity index (χ0) is 13.8. The SMILES string of the molecule is COc1ccc(C#N)cc1CS(=O)(=O)C(C)CN. The molecule has 0 aliphatic rings. The molecule has 1 aromatic carbocycles. The third kappa shape index (κ3) is 3.22. The second-order valence-corrected chi connectivity index (χ2v) is 6.41. The summed E-state index contributed by atoms with van der Waals surface area (Å²) in [6, 6.07) is 6.68. The second kappa shape index (κ2) is 5.85. The minimum absolute atomic E-state index is 0.0720. The predicted octanol–water partition coefficient (Wildman–Crippen LogP) is 0.829. The van der Waals surface area contributed by atoms with Gasteiger partial charge in [0.2, 0.25) is 0 Å². The van der Waals surface area contributed by atoms with Crippen molar-refractivity contribution in [3.8, 4) is 11.8 Å². The van der Waals surface area contributed by atoms with Crippen molar-refractivity contribution >= 4 is 9.84 Å². The van der Waals surface area contributed by atoms with E-state index in [4.69, 9.17) is 15.7 Å². The molecule has 0 aromatic heterocycles. The van der Waals surface area contributed by atoms with Gasteiger partial charge in [-0.3, -0.25) is 0 Å². The Morgan fingerprint density at radius 2 is 2.17 bits per heavy atom. The van der Waals surface area contributed by atoms with Gasteiger partial charge in [-0.25, -0.2) is 8.42 Å². The van der Waals surface area contributed by atoms with E-state index in [0.29, 0.717) is 16.9 Å². The molecule has 0 spiro atoms. The average molecular weight is 268 g/mol. The molecule has 1 aromatic rings. The van der Waals surface area contributed by atoms with E-state index in [1.807, 2.05) is 6.07 Å². The number of sulfone groups is 1. The zero-order valence-electron chi connectivity index (χ0n) is 10.4. The van der Waals surface area contributed by atoms with Crippen molar-refractivity contribution in [2.45, 2.75) is 17.9 Å². The summed E-state index contributed by atoms with van der Waals surface area (Å²) in [5.41, 5.74) is 6.26. The van der Waals surface area contributed by atoms with Gasteiger partial charge < -0.3 is 10.5 Å². The van der Waals surface area contributed by atoms with Gasteiger partial charge in [0.1, 0.15) is 5.75 Å². The van der Waals surface area contributed by atoms with Crippen LogP contribution in [0.15, 0.2) is 18.2 Å². The Morgan fingerprint density at radius 1 is 1.50 bits per heavy atom. The highest BCUT2D eigenvalue weighted by atomic mass is 32.2. The van der Waals surface area contributed by atoms with Gasteiger partial charge in [0, 0.05) is 12.1 Å². The number of rotatable bonds is 5. The quantitative estimate of drug-likeness (QED) is 0.853. The first kappa shape index (κ1) is 14.5. The van der Waals surface area contributed by atoms with Gasteiger partial charge in [-0.15, -0.1) is 0 Å². The summed E-state index contributed by atoms with van der Waals surface area (Å²) in [5.74, 6) is 0.283. The first-order chi connectivity index (χ1) is 8.44. The number of methoxy groups -OCH3 is 1. The van der Waals surface area contributed by atoms with Crippen LogP contribution in [-0.4, -0.2) is 27.3 Å². The summed E-state index contributed by atoms with van der Waals surface area (Å²) in [6.07, 6.45) is 0. The maximum atomic E-state index is 12.0. The van der Waals surface area contributed by atoms with Gasteiger partial charge in [0.05, 0.1) is 29.7 Å². The fourth-order valence-corrected chi connectivity index (χ4v) is 2.70. The van der Waals surface area contributed by atoms with E-state index < -0.39 is 15.1 Å². The lowest BCUT2D eigenvalue weighted by Gasteiger charge is -2.13. The lowest BCUT2D eigenvalue weighted by molar-refractivity contribution is 0.411. The first-order valence-electron chi connectivity index (χ1n) is 5.43. The van der Waals surface area contributed by atoms with Crippen LogP contribution in [0.25, 0.3) is 0 Å². The largest absolute Gasteiger partial charge is 0.496 e. The van der Waals surface area contributed by atoms with Crippen molar-refractivity contribution in [1.29, 1.82) is 5.26 Å². The van der Waals surface area contributed by atoms with Gasteiger partial charge in [-0.2, -0.15) is 5.26 Å². The predicted molar refractivity (Wildman–Crippen MR) is 68.8 cm³/mol. The molecule has 0 fully saturated rings. The fourth-order valence-electron chi connectivity index (χ4n) is 1.47. The fraction of sp³-hybridized carbons (Fsp3) is 0.417. The Labute approximate surface area is 107 Å². The zero-order valence-corrected chi connectivity index (χ0v) is 11.2. The van der Waals surface area contributed by atoms with E-state index in [-0.39, 0.29) is 12.3 Å². The number of ether oxygens (including phenoxy) is 1. The molecule has 1 atom stereocenters. The number of nitrogens with zero attached hydrogens (tertiary/aromatic N) is 1. The molecule has 5 nitrogen and oxygen atoms in total. The molecule has 6 heteroatoms. The summed E-state index contributed by atoms with van der Waals surface area (Å²) in [7, 11) is -1.87. The molecule has 0 aliphatic heterocycles. The third-order valence-electron chi connectivity index (χ3n) is 2.71. The number of hydrogen-bond donors (Lipinski definition) is 1. The Balaban J connectivity index is 3.14. The molecule has 18 heavy (non-hydrogen) atoms. The molecule has 2 N–H and O–H groups in total. The van der Waals surface area contributed by atoms with E-state index in [2.05, 4.69) is 0 Å².